The minimum Gasteiger partial charge on any atom is -0.481 e. The SMILES string of the molecule is O=C(O)C[C@@H](NC(=O)CCOCC(F)F)C(=O)O. The molecule has 9 heteroatoms. The van der Waals surface area contributed by atoms with Crippen molar-refractivity contribution in [3.63, 3.8) is 0 Å². The molecule has 0 aliphatic heterocycles. The van der Waals surface area contributed by atoms with Crippen LogP contribution in [-0.2, 0) is 19.1 Å². The van der Waals surface area contributed by atoms with Gasteiger partial charge < -0.3 is 20.3 Å². The van der Waals surface area contributed by atoms with Gasteiger partial charge in [0.2, 0.25) is 5.91 Å². The predicted octanol–water partition coefficient (Wildman–Crippen LogP) is -0.298. The van der Waals surface area contributed by atoms with Crippen LogP contribution in [0.3, 0.4) is 0 Å². The summed E-state index contributed by atoms with van der Waals surface area (Å²) in [5.74, 6) is -3.64. The molecule has 18 heavy (non-hydrogen) atoms. The van der Waals surface area contributed by atoms with Gasteiger partial charge in [0.1, 0.15) is 12.6 Å². The fourth-order valence-electron chi connectivity index (χ4n) is 0.978. The Hall–Kier alpha value is -1.77. The number of aliphatic carboxylic acids is 2. The quantitative estimate of drug-likeness (QED) is 0.495. The first-order valence-corrected chi connectivity index (χ1v) is 4.92. The predicted molar refractivity (Wildman–Crippen MR) is 53.3 cm³/mol. The van der Waals surface area contributed by atoms with Crippen LogP contribution in [0.2, 0.25) is 0 Å². The van der Waals surface area contributed by atoms with Crippen LogP contribution in [0, 0.1) is 0 Å². The Morgan fingerprint density at radius 2 is 1.83 bits per heavy atom. The van der Waals surface area contributed by atoms with E-state index in [1.807, 2.05) is 5.32 Å². The van der Waals surface area contributed by atoms with Crippen molar-refractivity contribution in [1.82, 2.24) is 5.32 Å². The minimum absolute atomic E-state index is 0.296. The number of hydrogen-bond acceptors (Lipinski definition) is 4. The molecular weight excluding hydrogens is 256 g/mol. The fourth-order valence-corrected chi connectivity index (χ4v) is 0.978. The molecule has 1 atom stereocenters. The summed E-state index contributed by atoms with van der Waals surface area (Å²) in [7, 11) is 0. The van der Waals surface area contributed by atoms with E-state index in [0.717, 1.165) is 0 Å². The maximum absolute atomic E-state index is 11.7. The van der Waals surface area contributed by atoms with Gasteiger partial charge in [-0.3, -0.25) is 9.59 Å². The van der Waals surface area contributed by atoms with Crippen LogP contribution >= 0.6 is 0 Å². The summed E-state index contributed by atoms with van der Waals surface area (Å²) < 4.78 is 27.7. The molecule has 0 bridgehead atoms. The van der Waals surface area contributed by atoms with E-state index in [2.05, 4.69) is 4.74 Å². The zero-order chi connectivity index (χ0) is 14.1. The van der Waals surface area contributed by atoms with Crippen molar-refractivity contribution in [3.05, 3.63) is 0 Å². The van der Waals surface area contributed by atoms with Crippen LogP contribution in [-0.4, -0.2) is 53.7 Å². The van der Waals surface area contributed by atoms with Crippen molar-refractivity contribution >= 4 is 17.8 Å². The number of alkyl halides is 2. The Morgan fingerprint density at radius 3 is 2.28 bits per heavy atom. The number of carboxylic acid groups (broad SMARTS) is 2. The molecule has 1 amide bonds. The molecule has 0 aliphatic carbocycles. The number of nitrogens with one attached hydrogen (secondary N) is 1. The third-order valence-electron chi connectivity index (χ3n) is 1.73. The van der Waals surface area contributed by atoms with Crippen molar-refractivity contribution < 1.29 is 38.1 Å². The van der Waals surface area contributed by atoms with Gasteiger partial charge in [-0.15, -0.1) is 0 Å². The number of hydrogen-bond donors (Lipinski definition) is 3. The molecular formula is C9H13F2NO6. The van der Waals surface area contributed by atoms with Gasteiger partial charge in [0.15, 0.2) is 0 Å². The zero-order valence-corrected chi connectivity index (χ0v) is 9.27. The molecule has 7 nitrogen and oxygen atoms in total. The van der Waals surface area contributed by atoms with Gasteiger partial charge in [-0.1, -0.05) is 0 Å². The lowest BCUT2D eigenvalue weighted by Gasteiger charge is -2.12. The number of halogens is 2. The summed E-state index contributed by atoms with van der Waals surface area (Å²) in [4.78, 5) is 32.0. The van der Waals surface area contributed by atoms with Gasteiger partial charge in [-0.05, 0) is 0 Å². The number of carbonyl (C=O) groups is 3. The smallest absolute Gasteiger partial charge is 0.326 e. The summed E-state index contributed by atoms with van der Waals surface area (Å²) in [6, 6.07) is -1.55. The molecule has 0 aromatic carbocycles. The third-order valence-corrected chi connectivity index (χ3v) is 1.73. The highest BCUT2D eigenvalue weighted by atomic mass is 19.3. The first-order chi connectivity index (χ1) is 8.32. The van der Waals surface area contributed by atoms with Crippen molar-refractivity contribution in [2.45, 2.75) is 25.3 Å². The van der Waals surface area contributed by atoms with Crippen molar-refractivity contribution in [2.24, 2.45) is 0 Å². The standard InChI is InChI=1S/C9H13F2NO6/c10-6(11)4-18-2-1-7(13)12-5(9(16)17)3-8(14)15/h5-6H,1-4H2,(H,12,13)(H,14,15)(H,16,17)/t5-/m1/s1. The van der Waals surface area contributed by atoms with Gasteiger partial charge in [0.25, 0.3) is 6.43 Å². The van der Waals surface area contributed by atoms with Gasteiger partial charge in [0.05, 0.1) is 13.0 Å². The number of carbonyl (C=O) groups excluding carboxylic acids is 1. The Morgan fingerprint density at radius 1 is 1.22 bits per heavy atom. The summed E-state index contributed by atoms with van der Waals surface area (Å²) in [5.41, 5.74) is 0. The highest BCUT2D eigenvalue weighted by Crippen LogP contribution is 1.96. The Bertz CT molecular complexity index is 309. The molecule has 0 saturated carbocycles. The van der Waals surface area contributed by atoms with Crippen molar-refractivity contribution in [1.29, 1.82) is 0 Å². The molecule has 0 spiro atoms. The van der Waals surface area contributed by atoms with Crippen LogP contribution < -0.4 is 5.32 Å². The highest BCUT2D eigenvalue weighted by molar-refractivity contribution is 5.86. The van der Waals surface area contributed by atoms with E-state index in [4.69, 9.17) is 10.2 Å². The summed E-state index contributed by atoms with van der Waals surface area (Å²) in [5, 5.41) is 19.0. The zero-order valence-electron chi connectivity index (χ0n) is 9.27. The lowest BCUT2D eigenvalue weighted by atomic mass is 10.2. The molecule has 0 saturated heterocycles. The molecule has 104 valence electrons. The largest absolute Gasteiger partial charge is 0.481 e. The minimum atomic E-state index is -2.65. The Kier molecular flexibility index (Phi) is 7.52. The molecule has 0 radical (unpaired) electrons. The van der Waals surface area contributed by atoms with Crippen LogP contribution in [0.15, 0.2) is 0 Å². The fraction of sp³-hybridized carbons (Fsp3) is 0.667. The molecule has 0 aromatic rings. The number of rotatable bonds is 9. The molecule has 0 rings (SSSR count). The van der Waals surface area contributed by atoms with Crippen LogP contribution in [0.1, 0.15) is 12.8 Å². The van der Waals surface area contributed by atoms with Crippen molar-refractivity contribution in [3.8, 4) is 0 Å². The normalized spacial score (nSPS) is 12.2. The summed E-state index contributed by atoms with van der Waals surface area (Å²) >= 11 is 0. The number of carboxylic acids is 2. The van der Waals surface area contributed by atoms with E-state index < -0.39 is 43.3 Å². The number of ether oxygens (including phenoxy) is 1. The topological polar surface area (TPSA) is 113 Å². The maximum Gasteiger partial charge on any atom is 0.326 e. The molecule has 0 fully saturated rings. The lowest BCUT2D eigenvalue weighted by molar-refractivity contribution is -0.147. The van der Waals surface area contributed by atoms with Crippen LogP contribution in [0.4, 0.5) is 8.78 Å². The van der Waals surface area contributed by atoms with E-state index in [0.29, 0.717) is 0 Å². The van der Waals surface area contributed by atoms with E-state index >= 15 is 0 Å². The molecule has 0 aliphatic rings. The first kappa shape index (κ1) is 16.2. The third kappa shape index (κ3) is 8.39. The second-order valence-electron chi connectivity index (χ2n) is 3.27. The average Bonchev–Trinajstić information content (AvgIpc) is 2.22. The average molecular weight is 269 g/mol. The molecule has 0 unspecified atom stereocenters. The van der Waals surface area contributed by atoms with Gasteiger partial charge in [0, 0.05) is 6.42 Å². The Balaban J connectivity index is 3.95. The second-order valence-corrected chi connectivity index (χ2v) is 3.27. The summed E-state index contributed by atoms with van der Waals surface area (Å²) in [6.07, 6.45) is -3.73. The molecule has 0 aromatic heterocycles. The van der Waals surface area contributed by atoms with E-state index in [9.17, 15) is 23.2 Å². The van der Waals surface area contributed by atoms with Crippen molar-refractivity contribution in [2.75, 3.05) is 13.2 Å². The van der Waals surface area contributed by atoms with Gasteiger partial charge in [-0.25, -0.2) is 13.6 Å². The monoisotopic (exact) mass is 269 g/mol. The molecule has 3 N–H and O–H groups in total. The van der Waals surface area contributed by atoms with Gasteiger partial charge in [-0.2, -0.15) is 0 Å². The maximum atomic E-state index is 11.7. The van der Waals surface area contributed by atoms with E-state index in [-0.39, 0.29) is 13.0 Å². The summed E-state index contributed by atoms with van der Waals surface area (Å²) in [6.45, 7) is -1.11. The highest BCUT2D eigenvalue weighted by Gasteiger charge is 2.22. The Labute approximate surface area is 101 Å². The van der Waals surface area contributed by atoms with Crippen LogP contribution in [0.25, 0.3) is 0 Å². The van der Waals surface area contributed by atoms with Gasteiger partial charge >= 0.3 is 11.9 Å². The number of amides is 1. The van der Waals surface area contributed by atoms with E-state index in [1.54, 1.807) is 0 Å². The lowest BCUT2D eigenvalue weighted by Crippen LogP contribution is -2.42. The van der Waals surface area contributed by atoms with E-state index in [1.165, 1.54) is 0 Å². The molecule has 0 heterocycles. The van der Waals surface area contributed by atoms with Crippen LogP contribution in [0.5, 0.6) is 0 Å². The first-order valence-electron chi connectivity index (χ1n) is 4.92. The second kappa shape index (κ2) is 8.34.